The Morgan fingerprint density at radius 2 is 1.68 bits per heavy atom. The van der Waals surface area contributed by atoms with Gasteiger partial charge in [0, 0.05) is 5.02 Å². The van der Waals surface area contributed by atoms with Gasteiger partial charge in [-0.25, -0.2) is 0 Å². The molecule has 0 amide bonds. The Labute approximate surface area is 115 Å². The molecule has 1 aliphatic carbocycles. The van der Waals surface area contributed by atoms with E-state index in [2.05, 4.69) is 0 Å². The first-order chi connectivity index (χ1) is 8.95. The highest BCUT2D eigenvalue weighted by Crippen LogP contribution is 2.39. The molecule has 2 rings (SSSR count). The third kappa shape index (κ3) is 2.49. The number of carbonyl (C=O) groups is 2. The van der Waals surface area contributed by atoms with Crippen molar-refractivity contribution < 1.29 is 19.8 Å². The van der Waals surface area contributed by atoms with Crippen molar-refractivity contribution in [2.75, 3.05) is 0 Å². The normalized spacial score (nSPS) is 17.6. The topological polar surface area (TPSA) is 74.6 Å². The van der Waals surface area contributed by atoms with Gasteiger partial charge in [-0.15, -0.1) is 0 Å². The monoisotopic (exact) mass is 280 g/mol. The van der Waals surface area contributed by atoms with Gasteiger partial charge in [-0.1, -0.05) is 29.8 Å². The molecular formula is C14H13ClO4. The molecule has 0 saturated carbocycles. The van der Waals surface area contributed by atoms with E-state index in [9.17, 15) is 9.59 Å². The van der Waals surface area contributed by atoms with Crippen molar-refractivity contribution in [3.63, 3.8) is 0 Å². The second kappa shape index (κ2) is 5.05. The van der Waals surface area contributed by atoms with Crippen LogP contribution in [0.5, 0.6) is 0 Å². The molecule has 0 saturated heterocycles. The van der Waals surface area contributed by atoms with Gasteiger partial charge < -0.3 is 10.2 Å². The Morgan fingerprint density at radius 3 is 2.11 bits per heavy atom. The van der Waals surface area contributed by atoms with Crippen LogP contribution in [0, 0.1) is 5.41 Å². The summed E-state index contributed by atoms with van der Waals surface area (Å²) in [6.07, 6.45) is 2.25. The molecule has 0 aromatic heterocycles. The maximum Gasteiger partial charge on any atom is 0.321 e. The number of hydrogen-bond acceptors (Lipinski definition) is 2. The number of rotatable bonds is 3. The highest BCUT2D eigenvalue weighted by Gasteiger charge is 2.47. The lowest BCUT2D eigenvalue weighted by molar-refractivity contribution is -0.165. The summed E-state index contributed by atoms with van der Waals surface area (Å²) < 4.78 is 0. The Bertz CT molecular complexity index is 531. The fourth-order valence-corrected chi connectivity index (χ4v) is 2.38. The second-order valence-electron chi connectivity index (χ2n) is 4.63. The van der Waals surface area contributed by atoms with E-state index < -0.39 is 17.4 Å². The van der Waals surface area contributed by atoms with Gasteiger partial charge in [0.05, 0.1) is 0 Å². The number of hydrogen-bond donors (Lipinski definition) is 2. The number of aliphatic carboxylic acids is 2. The van der Waals surface area contributed by atoms with Crippen molar-refractivity contribution in [2.24, 2.45) is 5.41 Å². The fourth-order valence-electron chi connectivity index (χ4n) is 2.26. The summed E-state index contributed by atoms with van der Waals surface area (Å²) in [4.78, 5) is 22.4. The molecule has 0 bridgehead atoms. The van der Waals surface area contributed by atoms with E-state index >= 15 is 0 Å². The van der Waals surface area contributed by atoms with Crippen molar-refractivity contribution in [1.29, 1.82) is 0 Å². The number of benzene rings is 1. The molecule has 2 N–H and O–H groups in total. The van der Waals surface area contributed by atoms with Crippen LogP contribution in [-0.4, -0.2) is 22.2 Å². The molecule has 19 heavy (non-hydrogen) atoms. The minimum Gasteiger partial charge on any atom is -0.480 e. The number of halogens is 1. The zero-order valence-electron chi connectivity index (χ0n) is 10.1. The predicted octanol–water partition coefficient (Wildman–Crippen LogP) is 3.06. The molecule has 5 heteroatoms. The standard InChI is InChI=1S/C14H13ClO4/c15-11-3-1-9(2-4-11)10-5-7-14(8-6-10,12(16)17)13(18)19/h1-5H,6-8H2,(H,16,17)(H,18,19). The van der Waals surface area contributed by atoms with E-state index in [1.54, 1.807) is 18.2 Å². The van der Waals surface area contributed by atoms with Gasteiger partial charge in [-0.3, -0.25) is 9.59 Å². The first-order valence-electron chi connectivity index (χ1n) is 5.87. The first kappa shape index (κ1) is 13.6. The van der Waals surface area contributed by atoms with E-state index in [1.807, 2.05) is 12.1 Å². The third-order valence-corrected chi connectivity index (χ3v) is 3.80. The minimum atomic E-state index is -1.68. The van der Waals surface area contributed by atoms with Gasteiger partial charge in [-0.2, -0.15) is 0 Å². The molecule has 0 radical (unpaired) electrons. The summed E-state index contributed by atoms with van der Waals surface area (Å²) in [5, 5.41) is 18.9. The Balaban J connectivity index is 2.26. The largest absolute Gasteiger partial charge is 0.480 e. The summed E-state index contributed by atoms with van der Waals surface area (Å²) in [6.45, 7) is 0. The van der Waals surface area contributed by atoms with E-state index in [0.717, 1.165) is 11.1 Å². The molecule has 4 nitrogen and oxygen atoms in total. The summed E-state index contributed by atoms with van der Waals surface area (Å²) >= 11 is 5.80. The van der Waals surface area contributed by atoms with Crippen molar-refractivity contribution in [3.05, 3.63) is 40.9 Å². The Hall–Kier alpha value is -1.81. The van der Waals surface area contributed by atoms with E-state index in [1.165, 1.54) is 0 Å². The molecular weight excluding hydrogens is 268 g/mol. The van der Waals surface area contributed by atoms with Crippen LogP contribution >= 0.6 is 11.6 Å². The first-order valence-corrected chi connectivity index (χ1v) is 6.25. The van der Waals surface area contributed by atoms with Crippen LogP contribution in [0.15, 0.2) is 30.3 Å². The summed E-state index contributed by atoms with van der Waals surface area (Å²) in [5.41, 5.74) is 0.235. The number of allylic oxidation sites excluding steroid dienone is 2. The molecule has 0 unspecified atom stereocenters. The van der Waals surface area contributed by atoms with Crippen molar-refractivity contribution in [2.45, 2.75) is 19.3 Å². The number of carboxylic acids is 2. The fraction of sp³-hybridized carbons (Fsp3) is 0.286. The SMILES string of the molecule is O=C(O)C1(C(=O)O)CC=C(c2ccc(Cl)cc2)CC1. The summed E-state index contributed by atoms with van der Waals surface area (Å²) in [7, 11) is 0. The van der Waals surface area contributed by atoms with Gasteiger partial charge in [0.1, 0.15) is 0 Å². The van der Waals surface area contributed by atoms with Crippen molar-refractivity contribution in [1.82, 2.24) is 0 Å². The summed E-state index contributed by atoms with van der Waals surface area (Å²) in [6, 6.07) is 7.22. The lowest BCUT2D eigenvalue weighted by Gasteiger charge is -2.28. The van der Waals surface area contributed by atoms with Crippen molar-refractivity contribution >= 4 is 29.1 Å². The Kier molecular flexibility index (Phi) is 3.62. The molecule has 0 atom stereocenters. The molecule has 0 spiro atoms. The maximum atomic E-state index is 11.2. The quantitative estimate of drug-likeness (QED) is 0.835. The van der Waals surface area contributed by atoms with Crippen LogP contribution < -0.4 is 0 Å². The minimum absolute atomic E-state index is 0.00955. The lowest BCUT2D eigenvalue weighted by atomic mass is 9.74. The molecule has 0 fully saturated rings. The average molecular weight is 281 g/mol. The highest BCUT2D eigenvalue weighted by atomic mass is 35.5. The molecule has 0 heterocycles. The van der Waals surface area contributed by atoms with Crippen LogP contribution in [0.25, 0.3) is 5.57 Å². The highest BCUT2D eigenvalue weighted by molar-refractivity contribution is 6.30. The van der Waals surface area contributed by atoms with E-state index in [4.69, 9.17) is 21.8 Å². The Morgan fingerprint density at radius 1 is 1.11 bits per heavy atom. The smallest absolute Gasteiger partial charge is 0.321 e. The zero-order valence-corrected chi connectivity index (χ0v) is 10.9. The average Bonchev–Trinajstić information content (AvgIpc) is 2.39. The number of carboxylic acid groups (broad SMARTS) is 2. The zero-order chi connectivity index (χ0) is 14.0. The van der Waals surface area contributed by atoms with E-state index in [0.29, 0.717) is 11.4 Å². The summed E-state index contributed by atoms with van der Waals surface area (Å²) in [5.74, 6) is -2.54. The van der Waals surface area contributed by atoms with Gasteiger partial charge in [0.25, 0.3) is 0 Å². The van der Waals surface area contributed by atoms with Gasteiger partial charge >= 0.3 is 11.9 Å². The van der Waals surface area contributed by atoms with Crippen molar-refractivity contribution in [3.8, 4) is 0 Å². The molecule has 1 aromatic carbocycles. The van der Waals surface area contributed by atoms with E-state index in [-0.39, 0.29) is 12.8 Å². The molecule has 100 valence electrons. The van der Waals surface area contributed by atoms with Gasteiger partial charge in [0.2, 0.25) is 0 Å². The molecule has 1 aromatic rings. The van der Waals surface area contributed by atoms with Crippen LogP contribution in [0.2, 0.25) is 5.02 Å². The van der Waals surface area contributed by atoms with Crippen LogP contribution in [0.4, 0.5) is 0 Å². The third-order valence-electron chi connectivity index (χ3n) is 3.55. The molecule has 1 aliphatic rings. The van der Waals surface area contributed by atoms with Crippen LogP contribution in [-0.2, 0) is 9.59 Å². The molecule has 0 aliphatic heterocycles. The van der Waals surface area contributed by atoms with Gasteiger partial charge in [0.15, 0.2) is 5.41 Å². The second-order valence-corrected chi connectivity index (χ2v) is 5.07. The van der Waals surface area contributed by atoms with Gasteiger partial charge in [-0.05, 0) is 42.5 Å². The van der Waals surface area contributed by atoms with Crippen LogP contribution in [0.1, 0.15) is 24.8 Å². The predicted molar refractivity (Wildman–Crippen MR) is 71.0 cm³/mol. The lowest BCUT2D eigenvalue weighted by Crippen LogP contribution is -2.40. The maximum absolute atomic E-state index is 11.2. The van der Waals surface area contributed by atoms with Crippen LogP contribution in [0.3, 0.4) is 0 Å².